The summed E-state index contributed by atoms with van der Waals surface area (Å²) < 4.78 is 19.2. The summed E-state index contributed by atoms with van der Waals surface area (Å²) in [5.74, 6) is 0.222. The Morgan fingerprint density at radius 3 is 2.59 bits per heavy atom. The minimum atomic E-state index is -0.196. The topological polar surface area (TPSA) is 21.3 Å². The lowest BCUT2D eigenvalue weighted by Gasteiger charge is -2.22. The SMILES string of the molecule is CCNCC(OCc1ccccc1F)C(C)C. The van der Waals surface area contributed by atoms with E-state index in [1.54, 1.807) is 12.1 Å². The molecule has 17 heavy (non-hydrogen) atoms. The monoisotopic (exact) mass is 239 g/mol. The number of likely N-dealkylation sites (N-methyl/N-ethyl adjacent to an activating group) is 1. The summed E-state index contributed by atoms with van der Waals surface area (Å²) in [4.78, 5) is 0. The maximum Gasteiger partial charge on any atom is 0.128 e. The lowest BCUT2D eigenvalue weighted by molar-refractivity contribution is 0.0104. The predicted octanol–water partition coefficient (Wildman–Crippen LogP) is 2.98. The third kappa shape index (κ3) is 4.84. The zero-order valence-electron chi connectivity index (χ0n) is 10.9. The smallest absolute Gasteiger partial charge is 0.128 e. The van der Waals surface area contributed by atoms with Crippen LogP contribution >= 0.6 is 0 Å². The van der Waals surface area contributed by atoms with Crippen LogP contribution in [-0.2, 0) is 11.3 Å². The van der Waals surface area contributed by atoms with E-state index in [2.05, 4.69) is 26.1 Å². The maximum absolute atomic E-state index is 13.4. The highest BCUT2D eigenvalue weighted by Gasteiger charge is 2.14. The molecular formula is C14H22FNO. The van der Waals surface area contributed by atoms with Crippen LogP contribution in [0, 0.1) is 11.7 Å². The summed E-state index contributed by atoms with van der Waals surface area (Å²) in [6.07, 6.45) is 0.120. The summed E-state index contributed by atoms with van der Waals surface area (Å²) in [6, 6.07) is 6.75. The lowest BCUT2D eigenvalue weighted by atomic mass is 10.1. The average Bonchev–Trinajstić information content (AvgIpc) is 2.31. The molecule has 96 valence electrons. The van der Waals surface area contributed by atoms with Crippen LogP contribution in [0.15, 0.2) is 24.3 Å². The van der Waals surface area contributed by atoms with Crippen molar-refractivity contribution in [3.8, 4) is 0 Å². The van der Waals surface area contributed by atoms with Crippen molar-refractivity contribution >= 4 is 0 Å². The molecule has 0 amide bonds. The predicted molar refractivity (Wildman–Crippen MR) is 68.4 cm³/mol. The summed E-state index contributed by atoms with van der Waals surface area (Å²) in [5, 5.41) is 3.26. The van der Waals surface area contributed by atoms with Gasteiger partial charge in [-0.15, -0.1) is 0 Å². The van der Waals surface area contributed by atoms with Crippen molar-refractivity contribution in [3.63, 3.8) is 0 Å². The number of nitrogens with one attached hydrogen (secondary N) is 1. The molecule has 1 unspecified atom stereocenters. The van der Waals surface area contributed by atoms with Gasteiger partial charge in [0.25, 0.3) is 0 Å². The normalized spacial score (nSPS) is 13.0. The number of ether oxygens (including phenoxy) is 1. The van der Waals surface area contributed by atoms with Gasteiger partial charge in [0.05, 0.1) is 12.7 Å². The first-order valence-electron chi connectivity index (χ1n) is 6.20. The van der Waals surface area contributed by atoms with Crippen LogP contribution in [0.4, 0.5) is 4.39 Å². The average molecular weight is 239 g/mol. The quantitative estimate of drug-likeness (QED) is 0.790. The highest BCUT2D eigenvalue weighted by atomic mass is 19.1. The van der Waals surface area contributed by atoms with E-state index < -0.39 is 0 Å². The number of benzene rings is 1. The molecule has 1 rings (SSSR count). The minimum Gasteiger partial charge on any atom is -0.372 e. The van der Waals surface area contributed by atoms with E-state index in [0.717, 1.165) is 13.1 Å². The summed E-state index contributed by atoms with van der Waals surface area (Å²) in [5.41, 5.74) is 0.620. The zero-order chi connectivity index (χ0) is 12.7. The van der Waals surface area contributed by atoms with Crippen molar-refractivity contribution in [1.29, 1.82) is 0 Å². The Bertz CT molecular complexity index is 328. The number of halogens is 1. The van der Waals surface area contributed by atoms with E-state index >= 15 is 0 Å². The fourth-order valence-corrected chi connectivity index (χ4v) is 1.59. The number of hydrogen-bond donors (Lipinski definition) is 1. The van der Waals surface area contributed by atoms with Gasteiger partial charge in [0, 0.05) is 12.1 Å². The Hall–Kier alpha value is -0.930. The van der Waals surface area contributed by atoms with E-state index in [4.69, 9.17) is 4.74 Å². The second-order valence-electron chi connectivity index (χ2n) is 4.49. The van der Waals surface area contributed by atoms with Crippen LogP contribution in [-0.4, -0.2) is 19.2 Å². The van der Waals surface area contributed by atoms with Gasteiger partial charge in [0.15, 0.2) is 0 Å². The van der Waals surface area contributed by atoms with E-state index in [1.165, 1.54) is 6.07 Å². The Morgan fingerprint density at radius 1 is 1.29 bits per heavy atom. The maximum atomic E-state index is 13.4. The van der Waals surface area contributed by atoms with Gasteiger partial charge >= 0.3 is 0 Å². The van der Waals surface area contributed by atoms with Gasteiger partial charge in [-0.2, -0.15) is 0 Å². The molecule has 0 heterocycles. The third-order valence-electron chi connectivity index (χ3n) is 2.75. The fraction of sp³-hybridized carbons (Fsp3) is 0.571. The van der Waals surface area contributed by atoms with Crippen molar-refractivity contribution in [2.24, 2.45) is 5.92 Å². The van der Waals surface area contributed by atoms with Gasteiger partial charge in [0.1, 0.15) is 5.82 Å². The first-order valence-corrected chi connectivity index (χ1v) is 6.20. The van der Waals surface area contributed by atoms with E-state index in [9.17, 15) is 4.39 Å². The molecule has 0 spiro atoms. The fourth-order valence-electron chi connectivity index (χ4n) is 1.59. The highest BCUT2D eigenvalue weighted by Crippen LogP contribution is 2.12. The van der Waals surface area contributed by atoms with Crippen LogP contribution in [0.2, 0.25) is 0 Å². The molecule has 0 saturated heterocycles. The van der Waals surface area contributed by atoms with E-state index in [-0.39, 0.29) is 11.9 Å². The first kappa shape index (κ1) is 14.1. The van der Waals surface area contributed by atoms with Crippen LogP contribution < -0.4 is 5.32 Å². The second-order valence-corrected chi connectivity index (χ2v) is 4.49. The van der Waals surface area contributed by atoms with Crippen LogP contribution in [0.5, 0.6) is 0 Å². The minimum absolute atomic E-state index is 0.120. The molecule has 1 aromatic rings. The highest BCUT2D eigenvalue weighted by molar-refractivity contribution is 5.16. The summed E-state index contributed by atoms with van der Waals surface area (Å²) in [6.45, 7) is 8.36. The van der Waals surface area contributed by atoms with Crippen molar-refractivity contribution in [2.45, 2.75) is 33.5 Å². The molecule has 0 radical (unpaired) electrons. The zero-order valence-corrected chi connectivity index (χ0v) is 10.9. The van der Waals surface area contributed by atoms with Crippen LogP contribution in [0.3, 0.4) is 0 Å². The second kappa shape index (κ2) is 7.41. The molecule has 3 heteroatoms. The molecule has 0 aliphatic heterocycles. The molecule has 0 fully saturated rings. The van der Waals surface area contributed by atoms with Gasteiger partial charge in [-0.25, -0.2) is 4.39 Å². The molecular weight excluding hydrogens is 217 g/mol. The van der Waals surface area contributed by atoms with E-state index in [1.807, 2.05) is 6.07 Å². The lowest BCUT2D eigenvalue weighted by Crippen LogP contribution is -2.33. The molecule has 1 aromatic carbocycles. The van der Waals surface area contributed by atoms with Crippen molar-refractivity contribution in [3.05, 3.63) is 35.6 Å². The standard InChI is InChI=1S/C14H22FNO/c1-4-16-9-14(11(2)3)17-10-12-7-5-6-8-13(12)15/h5-8,11,14,16H,4,9-10H2,1-3H3. The van der Waals surface area contributed by atoms with Crippen molar-refractivity contribution in [1.82, 2.24) is 5.32 Å². The molecule has 2 nitrogen and oxygen atoms in total. The van der Waals surface area contributed by atoms with Gasteiger partial charge in [-0.05, 0) is 18.5 Å². The molecule has 0 aliphatic carbocycles. The molecule has 0 saturated carbocycles. The largest absolute Gasteiger partial charge is 0.372 e. The van der Waals surface area contributed by atoms with Crippen molar-refractivity contribution in [2.75, 3.05) is 13.1 Å². The summed E-state index contributed by atoms with van der Waals surface area (Å²) in [7, 11) is 0. The van der Waals surface area contributed by atoms with Gasteiger partial charge in [0.2, 0.25) is 0 Å². The van der Waals surface area contributed by atoms with Gasteiger partial charge in [-0.1, -0.05) is 39.0 Å². The Kier molecular flexibility index (Phi) is 6.16. The molecule has 0 bridgehead atoms. The van der Waals surface area contributed by atoms with Gasteiger partial charge in [-0.3, -0.25) is 0 Å². The Labute approximate surface area is 103 Å². The van der Waals surface area contributed by atoms with Crippen LogP contribution in [0.1, 0.15) is 26.3 Å². The number of rotatable bonds is 7. The third-order valence-corrected chi connectivity index (χ3v) is 2.75. The van der Waals surface area contributed by atoms with Crippen LogP contribution in [0.25, 0.3) is 0 Å². The summed E-state index contributed by atoms with van der Waals surface area (Å²) >= 11 is 0. The first-order chi connectivity index (χ1) is 8.15. The molecule has 1 atom stereocenters. The van der Waals surface area contributed by atoms with Crippen molar-refractivity contribution < 1.29 is 9.13 Å². The Morgan fingerprint density at radius 2 is 2.00 bits per heavy atom. The number of hydrogen-bond acceptors (Lipinski definition) is 2. The molecule has 1 N–H and O–H groups in total. The molecule has 0 aromatic heterocycles. The molecule has 0 aliphatic rings. The Balaban J connectivity index is 2.49. The van der Waals surface area contributed by atoms with E-state index in [0.29, 0.717) is 18.1 Å². The van der Waals surface area contributed by atoms with Gasteiger partial charge < -0.3 is 10.1 Å².